The Morgan fingerprint density at radius 2 is 2.20 bits per heavy atom. The summed E-state index contributed by atoms with van der Waals surface area (Å²) in [7, 11) is 0. The van der Waals surface area contributed by atoms with Gasteiger partial charge in [-0.2, -0.15) is 0 Å². The van der Waals surface area contributed by atoms with E-state index < -0.39 is 6.10 Å². The molecule has 108 valence electrons. The lowest BCUT2D eigenvalue weighted by molar-refractivity contribution is -0.134. The van der Waals surface area contributed by atoms with Crippen molar-refractivity contribution in [1.29, 1.82) is 0 Å². The third-order valence-corrected chi connectivity index (χ3v) is 5.23. The molecular formula is C17H22O3. The van der Waals surface area contributed by atoms with Crippen molar-refractivity contribution in [1.82, 2.24) is 0 Å². The molecule has 2 N–H and O–H groups in total. The van der Waals surface area contributed by atoms with Gasteiger partial charge in [-0.15, -0.1) is 0 Å². The number of hydrogen-bond donors (Lipinski definition) is 2. The molecule has 0 bridgehead atoms. The molecule has 0 aliphatic heterocycles. The number of fused-ring (bicyclic) bond motifs is 3. The van der Waals surface area contributed by atoms with Gasteiger partial charge >= 0.3 is 0 Å². The molecule has 3 rings (SSSR count). The first-order valence-corrected chi connectivity index (χ1v) is 7.60. The molecule has 0 saturated heterocycles. The zero-order valence-electron chi connectivity index (χ0n) is 11.9. The van der Waals surface area contributed by atoms with E-state index in [9.17, 15) is 15.0 Å². The minimum atomic E-state index is -0.774. The van der Waals surface area contributed by atoms with Crippen LogP contribution in [0, 0.1) is 5.92 Å². The second-order valence-electron chi connectivity index (χ2n) is 6.38. The minimum Gasteiger partial charge on any atom is -0.508 e. The third-order valence-electron chi connectivity index (χ3n) is 5.23. The van der Waals surface area contributed by atoms with E-state index in [0.717, 1.165) is 25.7 Å². The van der Waals surface area contributed by atoms with E-state index in [1.807, 2.05) is 12.1 Å². The first-order chi connectivity index (χ1) is 9.56. The Balaban J connectivity index is 2.10. The van der Waals surface area contributed by atoms with Crippen LogP contribution in [0.2, 0.25) is 0 Å². The van der Waals surface area contributed by atoms with E-state index in [4.69, 9.17) is 0 Å². The summed E-state index contributed by atoms with van der Waals surface area (Å²) in [6.07, 6.45) is 4.21. The van der Waals surface area contributed by atoms with Crippen molar-refractivity contribution in [2.45, 2.75) is 57.0 Å². The van der Waals surface area contributed by atoms with Crippen LogP contribution < -0.4 is 0 Å². The lowest BCUT2D eigenvalue weighted by Crippen LogP contribution is -2.49. The van der Waals surface area contributed by atoms with E-state index >= 15 is 0 Å². The molecule has 20 heavy (non-hydrogen) atoms. The monoisotopic (exact) mass is 274 g/mol. The van der Waals surface area contributed by atoms with Gasteiger partial charge in [-0.1, -0.05) is 19.4 Å². The summed E-state index contributed by atoms with van der Waals surface area (Å²) >= 11 is 0. The van der Waals surface area contributed by atoms with Gasteiger partial charge in [0.1, 0.15) is 11.9 Å². The Labute approximate surface area is 119 Å². The van der Waals surface area contributed by atoms with Crippen LogP contribution in [0.5, 0.6) is 5.75 Å². The molecule has 3 heteroatoms. The molecule has 1 aromatic carbocycles. The van der Waals surface area contributed by atoms with E-state index in [2.05, 4.69) is 6.92 Å². The highest BCUT2D eigenvalue weighted by Gasteiger charge is 2.49. The number of hydrogen-bond acceptors (Lipinski definition) is 3. The first-order valence-electron chi connectivity index (χ1n) is 7.60. The molecule has 1 saturated carbocycles. The van der Waals surface area contributed by atoms with Crippen molar-refractivity contribution in [2.24, 2.45) is 5.92 Å². The highest BCUT2D eigenvalue weighted by atomic mass is 16.3. The predicted molar refractivity (Wildman–Crippen MR) is 76.8 cm³/mol. The average molecular weight is 274 g/mol. The number of rotatable bonds is 2. The topological polar surface area (TPSA) is 57.5 Å². The largest absolute Gasteiger partial charge is 0.508 e. The summed E-state index contributed by atoms with van der Waals surface area (Å²) < 4.78 is 0. The molecule has 1 fully saturated rings. The number of aromatic hydroxyl groups is 1. The Hall–Kier alpha value is -1.35. The van der Waals surface area contributed by atoms with Gasteiger partial charge in [0, 0.05) is 11.8 Å². The summed E-state index contributed by atoms with van der Waals surface area (Å²) in [5.41, 5.74) is 2.29. The van der Waals surface area contributed by atoms with Crippen molar-refractivity contribution in [3.05, 3.63) is 29.3 Å². The number of aryl methyl sites for hydroxylation is 1. The fourth-order valence-electron chi connectivity index (χ4n) is 4.38. The fourth-order valence-corrected chi connectivity index (χ4v) is 4.38. The van der Waals surface area contributed by atoms with E-state index in [1.165, 1.54) is 11.1 Å². The minimum absolute atomic E-state index is 0.0179. The Bertz CT molecular complexity index is 537. The molecule has 2 aliphatic rings. The number of carbonyl (C=O) groups is 1. The van der Waals surface area contributed by atoms with Gasteiger partial charge < -0.3 is 10.2 Å². The number of ketones is 1. The van der Waals surface area contributed by atoms with E-state index in [1.54, 1.807) is 6.07 Å². The molecular weight excluding hydrogens is 252 g/mol. The van der Waals surface area contributed by atoms with Crippen LogP contribution >= 0.6 is 0 Å². The van der Waals surface area contributed by atoms with Crippen molar-refractivity contribution in [3.8, 4) is 5.75 Å². The Morgan fingerprint density at radius 1 is 1.40 bits per heavy atom. The van der Waals surface area contributed by atoms with Gasteiger partial charge in [-0.3, -0.25) is 4.79 Å². The van der Waals surface area contributed by atoms with Crippen molar-refractivity contribution >= 4 is 5.78 Å². The number of phenols is 1. The number of aliphatic hydroxyl groups is 1. The number of carbonyl (C=O) groups excluding carboxylic acids is 1. The quantitative estimate of drug-likeness (QED) is 0.871. The van der Waals surface area contributed by atoms with Gasteiger partial charge in [-0.05, 0) is 54.9 Å². The number of benzene rings is 1. The highest BCUT2D eigenvalue weighted by molar-refractivity contribution is 5.85. The molecule has 3 atom stereocenters. The second-order valence-corrected chi connectivity index (χ2v) is 6.38. The Morgan fingerprint density at radius 3 is 2.95 bits per heavy atom. The first kappa shape index (κ1) is 13.6. The van der Waals surface area contributed by atoms with Gasteiger partial charge in [-0.25, -0.2) is 0 Å². The standard InChI is InChI=1S/C17H22O3/c1-2-7-17-10-16(20)15(19)9-12(17)4-3-11-8-13(18)5-6-14(11)17/h5-6,8,12,15,18-19H,2-4,7,9-10H2,1H3/t12-,15?,17-/m1/s1. The van der Waals surface area contributed by atoms with Crippen LogP contribution in [0.15, 0.2) is 18.2 Å². The molecule has 0 heterocycles. The molecule has 1 aromatic rings. The van der Waals surface area contributed by atoms with Gasteiger partial charge in [0.05, 0.1) is 0 Å². The number of phenolic OH excluding ortho intramolecular Hbond substituents is 1. The van der Waals surface area contributed by atoms with Crippen LogP contribution in [-0.4, -0.2) is 22.1 Å². The smallest absolute Gasteiger partial charge is 0.162 e. The second kappa shape index (κ2) is 4.88. The maximum Gasteiger partial charge on any atom is 0.162 e. The maximum absolute atomic E-state index is 12.1. The van der Waals surface area contributed by atoms with Crippen molar-refractivity contribution in [3.63, 3.8) is 0 Å². The van der Waals surface area contributed by atoms with Crippen LogP contribution in [-0.2, 0) is 16.6 Å². The highest BCUT2D eigenvalue weighted by Crippen LogP contribution is 2.52. The zero-order valence-corrected chi connectivity index (χ0v) is 11.9. The van der Waals surface area contributed by atoms with Crippen LogP contribution in [0.25, 0.3) is 0 Å². The Kier molecular flexibility index (Phi) is 3.33. The summed E-state index contributed by atoms with van der Waals surface area (Å²) in [6, 6.07) is 5.57. The molecule has 1 unspecified atom stereocenters. The van der Waals surface area contributed by atoms with Gasteiger partial charge in [0.2, 0.25) is 0 Å². The van der Waals surface area contributed by atoms with Crippen molar-refractivity contribution < 1.29 is 15.0 Å². The fraction of sp³-hybridized carbons (Fsp3) is 0.588. The van der Waals surface area contributed by atoms with E-state index in [0.29, 0.717) is 24.5 Å². The van der Waals surface area contributed by atoms with Gasteiger partial charge in [0.25, 0.3) is 0 Å². The molecule has 0 aromatic heterocycles. The normalized spacial score (nSPS) is 32.6. The lowest BCUT2D eigenvalue weighted by atomic mass is 9.55. The summed E-state index contributed by atoms with van der Waals surface area (Å²) in [6.45, 7) is 2.15. The zero-order chi connectivity index (χ0) is 14.3. The SMILES string of the molecule is CCC[C@@]12CC(=O)C(O)C[C@H]1CCc1cc(O)ccc12. The summed E-state index contributed by atoms with van der Waals surface area (Å²) in [5, 5.41) is 19.6. The molecule has 2 aliphatic carbocycles. The van der Waals surface area contributed by atoms with Crippen LogP contribution in [0.3, 0.4) is 0 Å². The molecule has 0 amide bonds. The number of Topliss-reactive ketones (excluding diaryl/α,β-unsaturated/α-hetero) is 1. The number of aliphatic hydroxyl groups excluding tert-OH is 1. The molecule has 0 spiro atoms. The molecule has 0 radical (unpaired) electrons. The third kappa shape index (κ3) is 1.96. The van der Waals surface area contributed by atoms with E-state index in [-0.39, 0.29) is 11.2 Å². The van der Waals surface area contributed by atoms with Crippen molar-refractivity contribution in [2.75, 3.05) is 0 Å². The molecule has 3 nitrogen and oxygen atoms in total. The van der Waals surface area contributed by atoms with Gasteiger partial charge in [0.15, 0.2) is 5.78 Å². The lowest BCUT2D eigenvalue weighted by Gasteiger charge is -2.49. The average Bonchev–Trinajstić information content (AvgIpc) is 2.41. The maximum atomic E-state index is 12.1. The van der Waals surface area contributed by atoms with Crippen LogP contribution in [0.1, 0.15) is 50.2 Å². The summed E-state index contributed by atoms with van der Waals surface area (Å²) in [5.74, 6) is 0.666. The van der Waals surface area contributed by atoms with Crippen LogP contribution in [0.4, 0.5) is 0 Å². The predicted octanol–water partition coefficient (Wildman–Crippen LogP) is 2.72. The summed E-state index contributed by atoms with van der Waals surface area (Å²) in [4.78, 5) is 12.1.